The second-order valence-corrected chi connectivity index (χ2v) is 17.7. The van der Waals surface area contributed by atoms with Crippen LogP contribution in [-0.2, 0) is 6.42 Å². The molecule has 0 amide bonds. The third-order valence-electron chi connectivity index (χ3n) is 11.2. The van der Waals surface area contributed by atoms with Crippen LogP contribution in [0.1, 0.15) is 98.1 Å². The van der Waals surface area contributed by atoms with E-state index in [0.717, 1.165) is 59.3 Å². The molecule has 53 heavy (non-hydrogen) atoms. The second-order valence-electron chi connectivity index (χ2n) is 15.0. The van der Waals surface area contributed by atoms with Crippen LogP contribution < -0.4 is 18.9 Å². The Bertz CT molecular complexity index is 1880. The maximum Gasteiger partial charge on any atom is 0.201 e. The summed E-state index contributed by atoms with van der Waals surface area (Å²) in [4.78, 5) is 0. The molecule has 4 aliphatic rings. The van der Waals surface area contributed by atoms with Gasteiger partial charge in [-0.1, -0.05) is 66.7 Å². The van der Waals surface area contributed by atoms with Gasteiger partial charge in [0.2, 0.25) is 5.75 Å². The lowest BCUT2D eigenvalue weighted by atomic mass is 9.65. The van der Waals surface area contributed by atoms with E-state index < -0.39 is 24.0 Å². The number of aliphatic hydroxyl groups is 3. The first-order valence-corrected chi connectivity index (χ1v) is 21.1. The molecule has 2 aliphatic heterocycles. The van der Waals surface area contributed by atoms with E-state index >= 15 is 0 Å². The van der Waals surface area contributed by atoms with Gasteiger partial charge < -0.3 is 44.5 Å². The molecule has 5 N–H and O–H groups in total. The highest BCUT2D eigenvalue weighted by Gasteiger charge is 2.49. The van der Waals surface area contributed by atoms with Crippen molar-refractivity contribution >= 4 is 21.6 Å². The number of ether oxygens (including phenoxy) is 4. The van der Waals surface area contributed by atoms with Gasteiger partial charge in [0.25, 0.3) is 0 Å². The fourth-order valence-electron chi connectivity index (χ4n) is 8.51. The van der Waals surface area contributed by atoms with Gasteiger partial charge in [-0.25, -0.2) is 0 Å². The molecule has 284 valence electrons. The smallest absolute Gasteiger partial charge is 0.201 e. The molecule has 0 spiro atoms. The van der Waals surface area contributed by atoms with Crippen LogP contribution >= 0.6 is 21.6 Å². The predicted octanol–water partition coefficient (Wildman–Crippen LogP) is 7.45. The first kappa shape index (κ1) is 37.9. The zero-order chi connectivity index (χ0) is 37.4. The predicted molar refractivity (Wildman–Crippen MR) is 209 cm³/mol. The Morgan fingerprint density at radius 3 is 2.55 bits per heavy atom. The number of fused-ring (bicyclic) bond motifs is 7. The Morgan fingerprint density at radius 2 is 1.79 bits per heavy atom. The van der Waals surface area contributed by atoms with Gasteiger partial charge in [-0.3, -0.25) is 0 Å². The fourth-order valence-corrected chi connectivity index (χ4v) is 11.3. The lowest BCUT2D eigenvalue weighted by molar-refractivity contribution is 0.000552. The molecular formula is C42H50O9S2. The van der Waals surface area contributed by atoms with Crippen LogP contribution in [-0.4, -0.2) is 76.2 Å². The zero-order valence-corrected chi connectivity index (χ0v) is 32.4. The summed E-state index contributed by atoms with van der Waals surface area (Å²) in [7, 11) is 4.94. The van der Waals surface area contributed by atoms with Crippen molar-refractivity contribution in [3.63, 3.8) is 0 Å². The SMILES string of the molecule is COc1c(O)c(OCCC(C)C)cc2c1CC#C[C@H]1SSCC[C@H](C)CC[C@H]3c4cc(O)ccc4-c4c(OCCO)cc5c(c4[C@@H]3CO)[C@@H]1[C@@H](O)[C@H]2O5. The normalized spacial score (nSPS) is 25.8. The van der Waals surface area contributed by atoms with E-state index in [1.54, 1.807) is 33.7 Å². The first-order chi connectivity index (χ1) is 25.7. The van der Waals surface area contributed by atoms with Gasteiger partial charge in [0.15, 0.2) is 17.6 Å². The largest absolute Gasteiger partial charge is 0.508 e. The summed E-state index contributed by atoms with van der Waals surface area (Å²) in [5, 5.41) is 55.8. The molecule has 3 aromatic rings. The van der Waals surface area contributed by atoms with E-state index in [-0.39, 0.29) is 60.4 Å². The third-order valence-corrected chi connectivity index (χ3v) is 13.9. The summed E-state index contributed by atoms with van der Waals surface area (Å²) in [6.07, 6.45) is 1.82. The molecule has 9 nitrogen and oxygen atoms in total. The molecule has 0 radical (unpaired) electrons. The van der Waals surface area contributed by atoms with E-state index in [1.807, 2.05) is 18.2 Å². The number of phenolic OH excluding ortho intramolecular Hbond substituents is 2. The first-order valence-electron chi connectivity index (χ1n) is 18.7. The van der Waals surface area contributed by atoms with Crippen LogP contribution in [0.3, 0.4) is 0 Å². The quantitative estimate of drug-likeness (QED) is 0.110. The van der Waals surface area contributed by atoms with Crippen molar-refractivity contribution < 1.29 is 44.5 Å². The molecule has 7 atom stereocenters. The number of phenols is 2. The molecule has 4 bridgehead atoms. The Balaban J connectivity index is 1.50. The average Bonchev–Trinajstić information content (AvgIpc) is 3.16. The monoisotopic (exact) mass is 762 g/mol. The molecule has 2 aliphatic carbocycles. The van der Waals surface area contributed by atoms with Gasteiger partial charge in [-0.15, -0.1) is 0 Å². The average molecular weight is 763 g/mol. The summed E-state index contributed by atoms with van der Waals surface area (Å²) >= 11 is 0. The van der Waals surface area contributed by atoms with E-state index in [4.69, 9.17) is 18.9 Å². The molecule has 11 heteroatoms. The Labute approximate surface area is 319 Å². The summed E-state index contributed by atoms with van der Waals surface area (Å²) < 4.78 is 25.2. The standard InChI is InChI=1S/C42H50O9S2/c1-22(2)12-15-49-33-19-29-27(41(48-4)39(33)46)6-5-7-34-38-37-32(51-42(29)40(38)47)20-31(50-16-14-43)35-26-11-9-24(45)18-28(26)25(30(21-44)36(35)37)10-8-23(3)13-17-52-53-34/h9,11,18-20,22-23,25,30,34,38,40,42-47H,6,8,10,12-17,21H2,1-4H3/t23-,25+,30-,34-,38-,40-,42+/m1/s1. The van der Waals surface area contributed by atoms with E-state index in [2.05, 4.69) is 32.6 Å². The molecule has 0 aromatic heterocycles. The molecular weight excluding hydrogens is 713 g/mol. The lowest BCUT2D eigenvalue weighted by Gasteiger charge is -2.44. The Kier molecular flexibility index (Phi) is 11.5. The van der Waals surface area contributed by atoms with Gasteiger partial charge >= 0.3 is 0 Å². The zero-order valence-electron chi connectivity index (χ0n) is 30.8. The number of rotatable bonds is 9. The molecule has 0 saturated heterocycles. The maximum absolute atomic E-state index is 12.8. The van der Waals surface area contributed by atoms with Crippen molar-refractivity contribution in [1.29, 1.82) is 0 Å². The molecule has 0 unspecified atom stereocenters. The molecule has 0 saturated carbocycles. The summed E-state index contributed by atoms with van der Waals surface area (Å²) in [6, 6.07) is 9.00. The fraction of sp³-hybridized carbons (Fsp3) is 0.524. The van der Waals surface area contributed by atoms with Crippen LogP contribution in [0.25, 0.3) is 11.1 Å². The minimum atomic E-state index is -1.08. The van der Waals surface area contributed by atoms with Crippen molar-refractivity contribution in [3.05, 3.63) is 58.1 Å². The number of hydrogen-bond donors (Lipinski definition) is 5. The Morgan fingerprint density at radius 1 is 0.981 bits per heavy atom. The molecule has 0 fully saturated rings. The van der Waals surface area contributed by atoms with Crippen molar-refractivity contribution in [2.45, 2.75) is 88.1 Å². The molecule has 7 rings (SSSR count). The second kappa shape index (κ2) is 16.1. The highest BCUT2D eigenvalue weighted by molar-refractivity contribution is 8.77. The van der Waals surface area contributed by atoms with Crippen LogP contribution in [0.15, 0.2) is 30.3 Å². The van der Waals surface area contributed by atoms with E-state index in [1.165, 1.54) is 7.11 Å². The van der Waals surface area contributed by atoms with Gasteiger partial charge in [0.05, 0.1) is 32.2 Å². The summed E-state index contributed by atoms with van der Waals surface area (Å²) in [6.45, 7) is 6.54. The molecule has 2 heterocycles. The van der Waals surface area contributed by atoms with Gasteiger partial charge in [0.1, 0.15) is 30.0 Å². The topological polar surface area (TPSA) is 138 Å². The highest BCUT2D eigenvalue weighted by Crippen LogP contribution is 2.61. The highest BCUT2D eigenvalue weighted by atomic mass is 33.1. The minimum Gasteiger partial charge on any atom is -0.508 e. The Hall–Kier alpha value is -3.40. The summed E-state index contributed by atoms with van der Waals surface area (Å²) in [5.74, 6) is 9.17. The number of aromatic hydroxyl groups is 2. The van der Waals surface area contributed by atoms with Gasteiger partial charge in [0, 0.05) is 52.3 Å². The number of aliphatic hydroxyl groups excluding tert-OH is 3. The van der Waals surface area contributed by atoms with Gasteiger partial charge in [-0.05, 0) is 71.9 Å². The van der Waals surface area contributed by atoms with Crippen molar-refractivity contribution in [2.24, 2.45) is 11.8 Å². The minimum absolute atomic E-state index is 0.0375. The van der Waals surface area contributed by atoms with Crippen molar-refractivity contribution in [1.82, 2.24) is 0 Å². The van der Waals surface area contributed by atoms with Crippen LogP contribution in [0.4, 0.5) is 0 Å². The number of methoxy groups -OCH3 is 1. The lowest BCUT2D eigenvalue weighted by Crippen LogP contribution is -2.40. The number of benzene rings is 3. The third kappa shape index (κ3) is 7.14. The summed E-state index contributed by atoms with van der Waals surface area (Å²) in [5.41, 5.74) is 5.51. The maximum atomic E-state index is 12.8. The van der Waals surface area contributed by atoms with Crippen molar-refractivity contribution in [2.75, 3.05) is 39.3 Å². The van der Waals surface area contributed by atoms with E-state index in [9.17, 15) is 25.5 Å². The van der Waals surface area contributed by atoms with E-state index in [0.29, 0.717) is 41.1 Å². The van der Waals surface area contributed by atoms with Crippen molar-refractivity contribution in [3.8, 4) is 57.5 Å². The molecule has 3 aromatic carbocycles. The number of hydrogen-bond acceptors (Lipinski definition) is 11. The van der Waals surface area contributed by atoms with Crippen LogP contribution in [0, 0.1) is 23.7 Å². The van der Waals surface area contributed by atoms with Crippen LogP contribution in [0.5, 0.6) is 34.5 Å². The van der Waals surface area contributed by atoms with Gasteiger partial charge in [-0.2, -0.15) is 0 Å². The van der Waals surface area contributed by atoms with Crippen LogP contribution in [0.2, 0.25) is 0 Å².